The predicted molar refractivity (Wildman–Crippen MR) is 92.3 cm³/mol. The van der Waals surface area contributed by atoms with Crippen LogP contribution in [-0.2, 0) is 14.6 Å². The van der Waals surface area contributed by atoms with Crippen LogP contribution >= 0.6 is 11.8 Å². The van der Waals surface area contributed by atoms with Gasteiger partial charge in [0.15, 0.2) is 9.84 Å². The summed E-state index contributed by atoms with van der Waals surface area (Å²) in [6.07, 6.45) is 0.705. The van der Waals surface area contributed by atoms with Crippen molar-refractivity contribution in [3.63, 3.8) is 0 Å². The fraction of sp³-hybridized carbons (Fsp3) is 0.562. The highest BCUT2D eigenvalue weighted by molar-refractivity contribution is 8.00. The molecule has 1 atom stereocenters. The normalized spacial score (nSPS) is 24.2. The van der Waals surface area contributed by atoms with E-state index in [9.17, 15) is 17.6 Å². The summed E-state index contributed by atoms with van der Waals surface area (Å²) in [5.74, 6) is 0.661. The van der Waals surface area contributed by atoms with Crippen LogP contribution in [0.5, 0.6) is 0 Å². The number of rotatable bonds is 4. The van der Waals surface area contributed by atoms with E-state index >= 15 is 0 Å². The Labute approximate surface area is 146 Å². The van der Waals surface area contributed by atoms with Crippen molar-refractivity contribution in [1.82, 2.24) is 9.80 Å². The lowest BCUT2D eigenvalue weighted by Gasteiger charge is -2.37. The van der Waals surface area contributed by atoms with Gasteiger partial charge in [0.2, 0.25) is 5.91 Å². The lowest BCUT2D eigenvalue weighted by atomic mass is 10.2. The molecule has 3 rings (SSSR count). The van der Waals surface area contributed by atoms with Crippen molar-refractivity contribution < 1.29 is 17.6 Å². The third-order valence-corrected chi connectivity index (χ3v) is 7.31. The zero-order valence-electron chi connectivity index (χ0n) is 13.4. The Bertz CT molecular complexity index is 686. The number of thioether (sulfide) groups is 1. The molecule has 1 aromatic carbocycles. The molecule has 2 saturated heterocycles. The number of hydrogen-bond donors (Lipinski definition) is 0. The largest absolute Gasteiger partial charge is 0.339 e. The van der Waals surface area contributed by atoms with Crippen LogP contribution in [0.4, 0.5) is 4.39 Å². The van der Waals surface area contributed by atoms with Crippen molar-refractivity contribution in [3.8, 4) is 0 Å². The molecule has 0 unspecified atom stereocenters. The molecule has 0 radical (unpaired) electrons. The monoisotopic (exact) mass is 372 g/mol. The van der Waals surface area contributed by atoms with Crippen LogP contribution in [0.3, 0.4) is 0 Å². The Hall–Kier alpha value is -1.12. The molecule has 5 nitrogen and oxygen atoms in total. The number of benzene rings is 1. The number of halogens is 1. The van der Waals surface area contributed by atoms with Crippen LogP contribution in [0, 0.1) is 5.82 Å². The van der Waals surface area contributed by atoms with E-state index in [1.807, 2.05) is 4.90 Å². The van der Waals surface area contributed by atoms with Gasteiger partial charge in [-0.3, -0.25) is 9.69 Å². The molecule has 0 aromatic heterocycles. The fourth-order valence-electron chi connectivity index (χ4n) is 3.17. The molecule has 8 heteroatoms. The third kappa shape index (κ3) is 4.49. The number of nitrogens with zero attached hydrogens (tertiary/aromatic N) is 2. The number of hydrogen-bond acceptors (Lipinski definition) is 5. The van der Waals surface area contributed by atoms with E-state index in [1.165, 1.54) is 23.9 Å². The first kappa shape index (κ1) is 17.7. The molecular weight excluding hydrogens is 351 g/mol. The minimum absolute atomic E-state index is 0.0722. The number of amides is 1. The summed E-state index contributed by atoms with van der Waals surface area (Å²) in [5, 5.41) is 0. The van der Waals surface area contributed by atoms with Gasteiger partial charge in [-0.1, -0.05) is 0 Å². The summed E-state index contributed by atoms with van der Waals surface area (Å²) in [5.41, 5.74) is 0. The van der Waals surface area contributed by atoms with Gasteiger partial charge in [-0.05, 0) is 30.7 Å². The second-order valence-electron chi connectivity index (χ2n) is 6.22. The number of piperazine rings is 1. The van der Waals surface area contributed by atoms with E-state index < -0.39 is 9.84 Å². The van der Waals surface area contributed by atoms with Gasteiger partial charge < -0.3 is 4.90 Å². The van der Waals surface area contributed by atoms with Crippen molar-refractivity contribution in [2.45, 2.75) is 17.4 Å². The maximum Gasteiger partial charge on any atom is 0.233 e. The quantitative estimate of drug-likeness (QED) is 0.745. The lowest BCUT2D eigenvalue weighted by Crippen LogP contribution is -2.52. The Morgan fingerprint density at radius 1 is 1.17 bits per heavy atom. The summed E-state index contributed by atoms with van der Waals surface area (Å²) < 4.78 is 36.0. The Morgan fingerprint density at radius 2 is 1.83 bits per heavy atom. The molecule has 1 amide bonds. The van der Waals surface area contributed by atoms with Crippen molar-refractivity contribution >= 4 is 27.5 Å². The van der Waals surface area contributed by atoms with Gasteiger partial charge in [0.1, 0.15) is 5.82 Å². The average Bonchev–Trinajstić information content (AvgIpc) is 2.94. The SMILES string of the molecule is O=C(CSc1ccc(F)cc1)N1CCN([C@@H]2CCS(=O)(=O)C2)CC1. The standard InChI is InChI=1S/C16H21FN2O3S2/c17-13-1-3-15(4-2-13)23-11-16(20)19-8-6-18(7-9-19)14-5-10-24(21,22)12-14/h1-4,14H,5-12H2/t14-/m1/s1. The van der Waals surface area contributed by atoms with Crippen LogP contribution in [0.1, 0.15) is 6.42 Å². The van der Waals surface area contributed by atoms with E-state index in [1.54, 1.807) is 12.1 Å². The van der Waals surface area contributed by atoms with Crippen molar-refractivity contribution in [3.05, 3.63) is 30.1 Å². The highest BCUT2D eigenvalue weighted by Crippen LogP contribution is 2.21. The zero-order chi connectivity index (χ0) is 17.2. The molecule has 0 spiro atoms. The number of sulfone groups is 1. The number of carbonyl (C=O) groups excluding carboxylic acids is 1. The van der Waals surface area contributed by atoms with E-state index in [0.717, 1.165) is 18.0 Å². The van der Waals surface area contributed by atoms with Crippen LogP contribution in [0.2, 0.25) is 0 Å². The Morgan fingerprint density at radius 3 is 2.42 bits per heavy atom. The zero-order valence-corrected chi connectivity index (χ0v) is 15.0. The molecule has 0 saturated carbocycles. The molecule has 0 aliphatic carbocycles. The molecule has 2 aliphatic heterocycles. The molecule has 2 aliphatic rings. The molecule has 24 heavy (non-hydrogen) atoms. The smallest absolute Gasteiger partial charge is 0.233 e. The van der Waals surface area contributed by atoms with Gasteiger partial charge in [0, 0.05) is 37.1 Å². The second-order valence-corrected chi connectivity index (χ2v) is 9.49. The first-order chi connectivity index (χ1) is 11.4. The van der Waals surface area contributed by atoms with Crippen molar-refractivity contribution in [2.75, 3.05) is 43.4 Å². The highest BCUT2D eigenvalue weighted by Gasteiger charge is 2.34. The number of carbonyl (C=O) groups is 1. The van der Waals surface area contributed by atoms with E-state index in [-0.39, 0.29) is 29.3 Å². The summed E-state index contributed by atoms with van der Waals surface area (Å²) in [4.78, 5) is 17.2. The van der Waals surface area contributed by atoms with E-state index in [2.05, 4.69) is 4.90 Å². The maximum atomic E-state index is 12.9. The van der Waals surface area contributed by atoms with Crippen molar-refractivity contribution in [2.24, 2.45) is 0 Å². The minimum Gasteiger partial charge on any atom is -0.339 e. The lowest BCUT2D eigenvalue weighted by molar-refractivity contribution is -0.130. The molecule has 0 bridgehead atoms. The van der Waals surface area contributed by atoms with Crippen molar-refractivity contribution in [1.29, 1.82) is 0 Å². The Balaban J connectivity index is 1.44. The first-order valence-corrected chi connectivity index (χ1v) is 10.8. The van der Waals surface area contributed by atoms with Crippen LogP contribution < -0.4 is 0 Å². The summed E-state index contributed by atoms with van der Waals surface area (Å²) in [6, 6.07) is 6.24. The van der Waals surface area contributed by atoms with Gasteiger partial charge in [-0.2, -0.15) is 0 Å². The van der Waals surface area contributed by atoms with E-state index in [0.29, 0.717) is 25.3 Å². The molecule has 132 valence electrons. The van der Waals surface area contributed by atoms with Gasteiger partial charge in [0.25, 0.3) is 0 Å². The minimum atomic E-state index is -2.87. The van der Waals surface area contributed by atoms with Gasteiger partial charge in [0.05, 0.1) is 17.3 Å². The van der Waals surface area contributed by atoms with Crippen LogP contribution in [-0.4, -0.2) is 73.6 Å². The summed E-state index contributed by atoms with van der Waals surface area (Å²) in [6.45, 7) is 2.74. The molecule has 1 aromatic rings. The highest BCUT2D eigenvalue weighted by atomic mass is 32.2. The van der Waals surface area contributed by atoms with Crippen LogP contribution in [0.15, 0.2) is 29.2 Å². The van der Waals surface area contributed by atoms with Gasteiger partial charge >= 0.3 is 0 Å². The molecule has 2 heterocycles. The van der Waals surface area contributed by atoms with E-state index in [4.69, 9.17) is 0 Å². The molecule has 0 N–H and O–H groups in total. The summed E-state index contributed by atoms with van der Waals surface area (Å²) in [7, 11) is -2.87. The first-order valence-electron chi connectivity index (χ1n) is 8.03. The maximum absolute atomic E-state index is 12.9. The van der Waals surface area contributed by atoms with Gasteiger partial charge in [-0.15, -0.1) is 11.8 Å². The second kappa shape index (κ2) is 7.41. The predicted octanol–water partition coefficient (Wildman–Crippen LogP) is 1.25. The van der Waals surface area contributed by atoms with Crippen LogP contribution in [0.25, 0.3) is 0 Å². The topological polar surface area (TPSA) is 57.7 Å². The molecule has 2 fully saturated rings. The molecular formula is C16H21FN2O3S2. The average molecular weight is 372 g/mol. The van der Waals surface area contributed by atoms with Gasteiger partial charge in [-0.25, -0.2) is 12.8 Å². The fourth-order valence-corrected chi connectivity index (χ4v) is 5.73. The Kier molecular flexibility index (Phi) is 5.46. The summed E-state index contributed by atoms with van der Waals surface area (Å²) >= 11 is 1.41. The third-order valence-electron chi connectivity index (χ3n) is 4.57.